The van der Waals surface area contributed by atoms with Gasteiger partial charge >= 0.3 is 6.18 Å². The molecule has 0 saturated carbocycles. The third-order valence-corrected chi connectivity index (χ3v) is 1.69. The molecule has 1 aromatic rings. The minimum absolute atomic E-state index is 0.210. The van der Waals surface area contributed by atoms with Crippen molar-refractivity contribution in [2.24, 2.45) is 10.2 Å². The lowest BCUT2D eigenvalue weighted by atomic mass is 10.3. The smallest absolute Gasteiger partial charge is 0.321 e. The second-order valence-electron chi connectivity index (χ2n) is 2.84. The Morgan fingerprint density at radius 3 is 2.50 bits per heavy atom. The first-order valence-electron chi connectivity index (χ1n) is 4.16. The number of aromatic nitrogens is 1. The van der Waals surface area contributed by atoms with E-state index in [2.05, 4.69) is 25.8 Å². The zero-order valence-corrected chi connectivity index (χ0v) is 7.73. The van der Waals surface area contributed by atoms with E-state index in [1.807, 2.05) is 0 Å². The fourth-order valence-electron chi connectivity index (χ4n) is 1.01. The van der Waals surface area contributed by atoms with Crippen LogP contribution in [-0.4, -0.2) is 17.3 Å². The summed E-state index contributed by atoms with van der Waals surface area (Å²) in [4.78, 5) is 3.27. The first-order valence-corrected chi connectivity index (χ1v) is 4.16. The van der Waals surface area contributed by atoms with Gasteiger partial charge < -0.3 is 5.32 Å². The lowest BCUT2D eigenvalue weighted by molar-refractivity contribution is -0.141. The van der Waals surface area contributed by atoms with Gasteiger partial charge in [-0.3, -0.25) is 0 Å². The van der Waals surface area contributed by atoms with Gasteiger partial charge in [-0.05, 0) is 12.1 Å². The van der Waals surface area contributed by atoms with Crippen LogP contribution in [0.15, 0.2) is 28.5 Å². The highest BCUT2D eigenvalue weighted by Crippen LogP contribution is 2.27. The van der Waals surface area contributed by atoms with Crippen molar-refractivity contribution >= 4 is 18.0 Å². The molecule has 1 radical (unpaired) electrons. The average molecular weight is 228 g/mol. The maximum atomic E-state index is 12.2. The van der Waals surface area contributed by atoms with Crippen molar-refractivity contribution in [1.29, 1.82) is 0 Å². The normalized spacial score (nSPS) is 14.6. The topological polar surface area (TPSA) is 63.7 Å². The third kappa shape index (κ3) is 2.27. The van der Waals surface area contributed by atoms with Crippen molar-refractivity contribution < 1.29 is 13.2 Å². The number of alkyl halides is 3. The molecule has 0 saturated heterocycles. The monoisotopic (exact) mass is 228 g/mol. The molecule has 83 valence electrons. The molecule has 0 aromatic carbocycles. The first-order chi connectivity index (χ1) is 7.55. The molecular formula is C8H5F3N5. The van der Waals surface area contributed by atoms with Crippen LogP contribution in [0.25, 0.3) is 0 Å². The Labute approximate surface area is 88.1 Å². The van der Waals surface area contributed by atoms with Gasteiger partial charge in [0.05, 0.1) is 11.9 Å². The number of halogens is 3. The number of hydrogen-bond acceptors (Lipinski definition) is 4. The molecule has 16 heavy (non-hydrogen) atoms. The van der Waals surface area contributed by atoms with Gasteiger partial charge in [0, 0.05) is 0 Å². The number of hydrogen-bond donors (Lipinski definition) is 1. The van der Waals surface area contributed by atoms with E-state index in [-0.39, 0.29) is 5.96 Å². The number of guanidine groups is 1. The fourth-order valence-corrected chi connectivity index (χ4v) is 1.01. The molecule has 5 nitrogen and oxygen atoms in total. The van der Waals surface area contributed by atoms with Crippen LogP contribution < -0.4 is 10.6 Å². The molecule has 8 heteroatoms. The van der Waals surface area contributed by atoms with Gasteiger partial charge in [-0.2, -0.15) is 18.5 Å². The van der Waals surface area contributed by atoms with E-state index < -0.39 is 11.9 Å². The summed E-state index contributed by atoms with van der Waals surface area (Å²) in [6.07, 6.45) is -2.16. The summed E-state index contributed by atoms with van der Waals surface area (Å²) >= 11 is 0. The Bertz CT molecular complexity index is 434. The summed E-state index contributed by atoms with van der Waals surface area (Å²) in [5, 5.41) is 13.4. The van der Waals surface area contributed by atoms with E-state index in [0.29, 0.717) is 5.69 Å². The lowest BCUT2D eigenvalue weighted by Gasteiger charge is -2.07. The van der Waals surface area contributed by atoms with Crippen molar-refractivity contribution in [2.75, 3.05) is 5.32 Å². The molecule has 1 aromatic heterocycles. The summed E-state index contributed by atoms with van der Waals surface area (Å²) in [5.41, 5.74) is -0.583. The molecule has 0 spiro atoms. The standard InChI is InChI=1S/C8H5F3N5/c9-8(10,11)6-2-1-5(3-12-6)15-7-13-4-14-16-7/h1-4H,(H,15,16). The van der Waals surface area contributed by atoms with Gasteiger partial charge in [-0.25, -0.2) is 4.98 Å². The van der Waals surface area contributed by atoms with Gasteiger partial charge in [0.25, 0.3) is 0 Å². The molecule has 0 amide bonds. The van der Waals surface area contributed by atoms with Gasteiger partial charge in [-0.1, -0.05) is 0 Å². The summed E-state index contributed by atoms with van der Waals surface area (Å²) in [6, 6.07) is 2.12. The van der Waals surface area contributed by atoms with Crippen molar-refractivity contribution in [3.63, 3.8) is 0 Å². The number of nitrogens with one attached hydrogen (secondary N) is 1. The number of rotatable bonds is 1. The Morgan fingerprint density at radius 2 is 2.00 bits per heavy atom. The van der Waals surface area contributed by atoms with E-state index in [9.17, 15) is 13.2 Å². The summed E-state index contributed by atoms with van der Waals surface area (Å²) in [6.45, 7) is 0. The molecule has 1 aliphatic rings. The van der Waals surface area contributed by atoms with E-state index >= 15 is 0 Å². The van der Waals surface area contributed by atoms with Crippen LogP contribution in [0.5, 0.6) is 0 Å². The van der Waals surface area contributed by atoms with Crippen LogP contribution in [0, 0.1) is 0 Å². The molecule has 0 atom stereocenters. The molecule has 0 bridgehead atoms. The second kappa shape index (κ2) is 3.80. The minimum atomic E-state index is -4.43. The highest BCUT2D eigenvalue weighted by Gasteiger charge is 2.32. The van der Waals surface area contributed by atoms with E-state index in [1.165, 1.54) is 12.4 Å². The van der Waals surface area contributed by atoms with Crippen LogP contribution in [0.1, 0.15) is 5.69 Å². The van der Waals surface area contributed by atoms with Gasteiger partial charge in [0.1, 0.15) is 12.0 Å². The largest absolute Gasteiger partial charge is 0.433 e. The minimum Gasteiger partial charge on any atom is -0.321 e. The molecule has 1 N–H and O–H groups in total. The van der Waals surface area contributed by atoms with Crippen molar-refractivity contribution in [1.82, 2.24) is 10.3 Å². The van der Waals surface area contributed by atoms with Crippen molar-refractivity contribution in [3.8, 4) is 0 Å². The lowest BCUT2D eigenvalue weighted by Crippen LogP contribution is -2.20. The molecule has 1 aliphatic heterocycles. The first kappa shape index (κ1) is 10.4. The molecular weight excluding hydrogens is 223 g/mol. The van der Waals surface area contributed by atoms with Crippen LogP contribution in [-0.2, 0) is 6.18 Å². The van der Waals surface area contributed by atoms with Crippen LogP contribution in [0.3, 0.4) is 0 Å². The Morgan fingerprint density at radius 1 is 1.19 bits per heavy atom. The predicted octanol–water partition coefficient (Wildman–Crippen LogP) is 1.43. The third-order valence-electron chi connectivity index (χ3n) is 1.69. The highest BCUT2D eigenvalue weighted by atomic mass is 19.4. The maximum Gasteiger partial charge on any atom is 0.433 e. The van der Waals surface area contributed by atoms with E-state index in [1.54, 1.807) is 0 Å². The summed E-state index contributed by atoms with van der Waals surface area (Å²) < 4.78 is 36.5. The van der Waals surface area contributed by atoms with Crippen LogP contribution >= 0.6 is 0 Å². The maximum absolute atomic E-state index is 12.2. The predicted molar refractivity (Wildman–Crippen MR) is 50.9 cm³/mol. The molecule has 0 fully saturated rings. The quantitative estimate of drug-likeness (QED) is 0.790. The Kier molecular flexibility index (Phi) is 2.47. The SMILES string of the molecule is FC(F)(F)c1ccc(NC2=NN=C[N]2)cn1. The van der Waals surface area contributed by atoms with Crippen LogP contribution in [0.2, 0.25) is 0 Å². The molecule has 2 heterocycles. The average Bonchev–Trinajstić information content (AvgIpc) is 2.70. The number of nitrogens with zero attached hydrogens (tertiary/aromatic N) is 4. The highest BCUT2D eigenvalue weighted by molar-refractivity contribution is 6.01. The Balaban J connectivity index is 2.08. The van der Waals surface area contributed by atoms with Crippen LogP contribution in [0.4, 0.5) is 18.9 Å². The zero-order valence-electron chi connectivity index (χ0n) is 7.73. The van der Waals surface area contributed by atoms with E-state index in [0.717, 1.165) is 12.3 Å². The second-order valence-corrected chi connectivity index (χ2v) is 2.84. The van der Waals surface area contributed by atoms with Crippen molar-refractivity contribution in [2.45, 2.75) is 6.18 Å². The molecule has 0 aliphatic carbocycles. The van der Waals surface area contributed by atoms with Gasteiger partial charge in [-0.15, -0.1) is 10.2 Å². The molecule has 0 unspecified atom stereocenters. The van der Waals surface area contributed by atoms with Crippen molar-refractivity contribution in [3.05, 3.63) is 24.0 Å². The Hall–Kier alpha value is -2.12. The fraction of sp³-hybridized carbons (Fsp3) is 0.125. The van der Waals surface area contributed by atoms with E-state index in [4.69, 9.17) is 0 Å². The number of anilines is 1. The zero-order chi connectivity index (χ0) is 11.6. The van der Waals surface area contributed by atoms with Gasteiger partial charge in [0.15, 0.2) is 0 Å². The number of pyridine rings is 1. The molecule has 2 rings (SSSR count). The van der Waals surface area contributed by atoms with Gasteiger partial charge in [0.2, 0.25) is 5.96 Å². The summed E-state index contributed by atoms with van der Waals surface area (Å²) in [5.74, 6) is 0.210. The summed E-state index contributed by atoms with van der Waals surface area (Å²) in [7, 11) is 0.